The third-order valence-corrected chi connectivity index (χ3v) is 5.62. The van der Waals surface area contributed by atoms with Crippen LogP contribution in [0.5, 0.6) is 11.5 Å². The van der Waals surface area contributed by atoms with Gasteiger partial charge in [0, 0.05) is 32.7 Å². The number of ether oxygens (including phenoxy) is 2. The van der Waals surface area contributed by atoms with Gasteiger partial charge in [-0.3, -0.25) is 4.99 Å². The number of piperidine rings is 1. The Kier molecular flexibility index (Phi) is 9.03. The lowest BCUT2D eigenvalue weighted by molar-refractivity contribution is 0.206. The maximum Gasteiger partial charge on any atom is 0.191 e. The molecule has 1 fully saturated rings. The Labute approximate surface area is 186 Å². The van der Waals surface area contributed by atoms with Crippen molar-refractivity contribution in [2.75, 3.05) is 33.8 Å². The molecule has 0 atom stereocenters. The number of methoxy groups -OCH3 is 1. The van der Waals surface area contributed by atoms with Gasteiger partial charge in [0.1, 0.15) is 6.61 Å². The maximum atomic E-state index is 5.96. The highest BCUT2D eigenvalue weighted by molar-refractivity contribution is 5.80. The van der Waals surface area contributed by atoms with Gasteiger partial charge in [-0.25, -0.2) is 0 Å². The summed E-state index contributed by atoms with van der Waals surface area (Å²) in [6.45, 7) is 6.94. The molecule has 1 saturated heterocycles. The Morgan fingerprint density at radius 2 is 1.84 bits per heavy atom. The van der Waals surface area contributed by atoms with E-state index in [1.807, 2.05) is 37.4 Å². The Hall–Kier alpha value is -2.73. The van der Waals surface area contributed by atoms with Gasteiger partial charge in [0.05, 0.1) is 7.11 Å². The van der Waals surface area contributed by atoms with Crippen LogP contribution in [0.1, 0.15) is 37.3 Å². The van der Waals surface area contributed by atoms with Gasteiger partial charge in [-0.1, -0.05) is 43.3 Å². The third kappa shape index (κ3) is 7.17. The first-order valence-electron chi connectivity index (χ1n) is 11.2. The number of hydrogen-bond acceptors (Lipinski definition) is 4. The molecule has 31 heavy (non-hydrogen) atoms. The molecule has 0 radical (unpaired) electrons. The zero-order chi connectivity index (χ0) is 21.9. The van der Waals surface area contributed by atoms with E-state index in [1.54, 1.807) is 7.11 Å². The molecule has 6 nitrogen and oxygen atoms in total. The number of likely N-dealkylation sites (tertiary alicyclic amines) is 1. The minimum absolute atomic E-state index is 0.475. The average Bonchev–Trinajstić information content (AvgIpc) is 2.82. The van der Waals surface area contributed by atoms with Gasteiger partial charge in [0.2, 0.25) is 0 Å². The molecular formula is C25H36N4O2. The van der Waals surface area contributed by atoms with E-state index in [-0.39, 0.29) is 0 Å². The van der Waals surface area contributed by atoms with Crippen molar-refractivity contribution in [1.29, 1.82) is 0 Å². The van der Waals surface area contributed by atoms with Crippen LogP contribution in [0.4, 0.5) is 0 Å². The molecule has 1 aliphatic rings. The van der Waals surface area contributed by atoms with Crippen molar-refractivity contribution < 1.29 is 9.47 Å². The number of nitrogens with zero attached hydrogens (tertiary/aromatic N) is 2. The van der Waals surface area contributed by atoms with Crippen molar-refractivity contribution in [2.24, 2.45) is 4.99 Å². The van der Waals surface area contributed by atoms with E-state index in [1.165, 1.54) is 13.0 Å². The second-order valence-electron chi connectivity index (χ2n) is 7.95. The van der Waals surface area contributed by atoms with Crippen LogP contribution in [0.3, 0.4) is 0 Å². The van der Waals surface area contributed by atoms with Crippen molar-refractivity contribution >= 4 is 5.96 Å². The van der Waals surface area contributed by atoms with E-state index in [2.05, 4.69) is 45.6 Å². The van der Waals surface area contributed by atoms with Gasteiger partial charge in [-0.15, -0.1) is 0 Å². The lowest BCUT2D eigenvalue weighted by Gasteiger charge is -2.32. The maximum absolute atomic E-state index is 5.96. The Morgan fingerprint density at radius 1 is 1.06 bits per heavy atom. The number of benzene rings is 2. The standard InChI is InChI=1S/C25H36N4O2/c1-4-14-29-15-12-22(13-16-29)28-25(26-2)27-18-21-10-11-23(24(17-21)30-3)31-19-20-8-6-5-7-9-20/h5-11,17,22H,4,12-16,18-19H2,1-3H3,(H2,26,27,28). The zero-order valence-corrected chi connectivity index (χ0v) is 19.1. The van der Waals surface area contributed by atoms with Crippen molar-refractivity contribution in [3.63, 3.8) is 0 Å². The van der Waals surface area contributed by atoms with E-state index in [4.69, 9.17) is 9.47 Å². The van der Waals surface area contributed by atoms with Gasteiger partial charge in [0.15, 0.2) is 17.5 Å². The minimum atomic E-state index is 0.475. The fourth-order valence-electron chi connectivity index (χ4n) is 3.87. The smallest absolute Gasteiger partial charge is 0.191 e. The summed E-state index contributed by atoms with van der Waals surface area (Å²) in [4.78, 5) is 6.94. The summed E-state index contributed by atoms with van der Waals surface area (Å²) in [5.41, 5.74) is 2.25. The van der Waals surface area contributed by atoms with Crippen molar-refractivity contribution in [3.8, 4) is 11.5 Å². The highest BCUT2D eigenvalue weighted by Gasteiger charge is 2.19. The molecule has 2 N–H and O–H groups in total. The molecule has 0 spiro atoms. The van der Waals surface area contributed by atoms with Crippen molar-refractivity contribution in [3.05, 3.63) is 59.7 Å². The van der Waals surface area contributed by atoms with Crippen LogP contribution in [0.2, 0.25) is 0 Å². The number of guanidine groups is 1. The second kappa shape index (κ2) is 12.2. The van der Waals surface area contributed by atoms with E-state index in [0.29, 0.717) is 19.2 Å². The molecule has 2 aromatic rings. The number of hydrogen-bond donors (Lipinski definition) is 2. The predicted octanol–water partition coefficient (Wildman–Crippen LogP) is 3.81. The predicted molar refractivity (Wildman–Crippen MR) is 127 cm³/mol. The SMILES string of the molecule is CCCN1CCC(NC(=NC)NCc2ccc(OCc3ccccc3)c(OC)c2)CC1. The summed E-state index contributed by atoms with van der Waals surface area (Å²) in [5.74, 6) is 2.33. The summed E-state index contributed by atoms with van der Waals surface area (Å²) in [5, 5.41) is 7.00. The Morgan fingerprint density at radius 3 is 2.52 bits per heavy atom. The summed E-state index contributed by atoms with van der Waals surface area (Å²) < 4.78 is 11.5. The molecule has 0 aromatic heterocycles. The highest BCUT2D eigenvalue weighted by atomic mass is 16.5. The molecule has 0 aliphatic carbocycles. The van der Waals surface area contributed by atoms with Crippen LogP contribution in [0.15, 0.2) is 53.5 Å². The topological polar surface area (TPSA) is 58.1 Å². The van der Waals surface area contributed by atoms with Crippen LogP contribution in [-0.2, 0) is 13.2 Å². The summed E-state index contributed by atoms with van der Waals surface area (Å²) in [6.07, 6.45) is 3.53. The quantitative estimate of drug-likeness (QED) is 0.474. The largest absolute Gasteiger partial charge is 0.493 e. The van der Waals surface area contributed by atoms with Gasteiger partial charge >= 0.3 is 0 Å². The summed E-state index contributed by atoms with van der Waals surface area (Å²) in [7, 11) is 3.50. The lowest BCUT2D eigenvalue weighted by atomic mass is 10.1. The first-order chi connectivity index (χ1) is 15.2. The number of rotatable bonds is 9. The summed E-state index contributed by atoms with van der Waals surface area (Å²) in [6, 6.07) is 16.7. The van der Waals surface area contributed by atoms with Crippen molar-refractivity contribution in [1.82, 2.24) is 15.5 Å². The molecule has 1 aliphatic heterocycles. The van der Waals surface area contributed by atoms with E-state index in [0.717, 1.165) is 54.5 Å². The van der Waals surface area contributed by atoms with Gasteiger partial charge in [0.25, 0.3) is 0 Å². The van der Waals surface area contributed by atoms with E-state index < -0.39 is 0 Å². The molecule has 0 bridgehead atoms. The van der Waals surface area contributed by atoms with Crippen LogP contribution in [0, 0.1) is 0 Å². The number of nitrogens with one attached hydrogen (secondary N) is 2. The van der Waals surface area contributed by atoms with Gasteiger partial charge in [-0.2, -0.15) is 0 Å². The van der Waals surface area contributed by atoms with Gasteiger partial charge < -0.3 is 25.0 Å². The highest BCUT2D eigenvalue weighted by Crippen LogP contribution is 2.28. The molecule has 6 heteroatoms. The van der Waals surface area contributed by atoms with E-state index in [9.17, 15) is 0 Å². The molecule has 2 aromatic carbocycles. The minimum Gasteiger partial charge on any atom is -0.493 e. The number of aliphatic imine (C=N–C) groups is 1. The first kappa shape index (κ1) is 22.9. The Bertz CT molecular complexity index is 818. The normalized spacial score (nSPS) is 15.5. The monoisotopic (exact) mass is 424 g/mol. The average molecular weight is 425 g/mol. The van der Waals surface area contributed by atoms with Gasteiger partial charge in [-0.05, 0) is 49.1 Å². The van der Waals surface area contributed by atoms with Crippen LogP contribution < -0.4 is 20.1 Å². The van der Waals surface area contributed by atoms with Crippen molar-refractivity contribution in [2.45, 2.75) is 45.4 Å². The fraction of sp³-hybridized carbons (Fsp3) is 0.480. The fourth-order valence-corrected chi connectivity index (χ4v) is 3.87. The molecule has 168 valence electrons. The van der Waals surface area contributed by atoms with Crippen LogP contribution in [0.25, 0.3) is 0 Å². The first-order valence-corrected chi connectivity index (χ1v) is 11.2. The summed E-state index contributed by atoms with van der Waals surface area (Å²) >= 11 is 0. The molecule has 1 heterocycles. The zero-order valence-electron chi connectivity index (χ0n) is 19.1. The molecule has 3 rings (SSSR count). The van der Waals surface area contributed by atoms with E-state index >= 15 is 0 Å². The molecule has 0 saturated carbocycles. The third-order valence-electron chi connectivity index (χ3n) is 5.62. The molecular weight excluding hydrogens is 388 g/mol. The Balaban J connectivity index is 1.49. The van der Waals surface area contributed by atoms with Crippen LogP contribution >= 0.6 is 0 Å². The molecule has 0 amide bonds. The second-order valence-corrected chi connectivity index (χ2v) is 7.95. The van der Waals surface area contributed by atoms with Crippen LogP contribution in [-0.4, -0.2) is 50.7 Å². The lowest BCUT2D eigenvalue weighted by Crippen LogP contribution is -2.48. The molecule has 0 unspecified atom stereocenters.